The van der Waals surface area contributed by atoms with Crippen LogP contribution in [-0.4, -0.2) is 42.2 Å². The van der Waals surface area contributed by atoms with Gasteiger partial charge in [-0.3, -0.25) is 9.69 Å². The first-order chi connectivity index (χ1) is 14.3. The smallest absolute Gasteiger partial charge is 0.307 e. The third kappa shape index (κ3) is 6.45. The van der Waals surface area contributed by atoms with E-state index >= 15 is 0 Å². The minimum absolute atomic E-state index is 0. The van der Waals surface area contributed by atoms with E-state index in [2.05, 4.69) is 0 Å². The molecule has 4 nitrogen and oxygen atoms in total. The summed E-state index contributed by atoms with van der Waals surface area (Å²) in [7, 11) is 0. The summed E-state index contributed by atoms with van der Waals surface area (Å²) < 4.78 is 61.1. The van der Waals surface area contributed by atoms with Crippen LogP contribution in [0.4, 0.5) is 17.6 Å². The van der Waals surface area contributed by atoms with E-state index in [1.54, 1.807) is 0 Å². The number of ether oxygens (including phenoxy) is 1. The summed E-state index contributed by atoms with van der Waals surface area (Å²) in [6, 6.07) is 5.57. The lowest BCUT2D eigenvalue weighted by molar-refractivity contribution is -0.143. The number of nitrogens with zero attached hydrogens (tertiary/aromatic N) is 1. The van der Waals surface area contributed by atoms with Crippen LogP contribution in [0.2, 0.25) is 0 Å². The zero-order valence-electron chi connectivity index (χ0n) is 16.5. The molecule has 0 saturated carbocycles. The molecule has 0 spiro atoms. The van der Waals surface area contributed by atoms with Crippen molar-refractivity contribution in [2.24, 2.45) is 5.92 Å². The molecule has 9 heteroatoms. The van der Waals surface area contributed by atoms with Crippen LogP contribution in [0.3, 0.4) is 0 Å². The fourth-order valence-corrected chi connectivity index (χ4v) is 3.47. The number of piperidine rings is 1. The average Bonchev–Trinajstić information content (AvgIpc) is 2.71. The van der Waals surface area contributed by atoms with Crippen LogP contribution >= 0.6 is 12.4 Å². The van der Waals surface area contributed by atoms with Gasteiger partial charge in [-0.1, -0.05) is 0 Å². The summed E-state index contributed by atoms with van der Waals surface area (Å²) in [5, 5.41) is 9.15. The number of hydrogen-bond acceptors (Lipinski definition) is 3. The van der Waals surface area contributed by atoms with Crippen LogP contribution in [0.15, 0.2) is 42.7 Å². The highest BCUT2D eigenvalue weighted by molar-refractivity contribution is 5.85. The van der Waals surface area contributed by atoms with Crippen LogP contribution in [0, 0.1) is 29.2 Å². The maximum atomic E-state index is 14.3. The number of carbonyl (C=O) groups is 1. The molecule has 0 unspecified atom stereocenters. The summed E-state index contributed by atoms with van der Waals surface area (Å²) in [6.07, 6.45) is 2.50. The quantitative estimate of drug-likeness (QED) is 0.365. The second-order valence-electron chi connectivity index (χ2n) is 7.13. The summed E-state index contributed by atoms with van der Waals surface area (Å²) in [5.74, 6) is -4.50. The Labute approximate surface area is 183 Å². The number of hydrogen-bond donors (Lipinski definition) is 1. The van der Waals surface area contributed by atoms with Crippen molar-refractivity contribution in [2.45, 2.75) is 12.8 Å². The third-order valence-electron chi connectivity index (χ3n) is 5.02. The molecule has 0 aliphatic carbocycles. The zero-order valence-corrected chi connectivity index (χ0v) is 17.3. The van der Waals surface area contributed by atoms with Gasteiger partial charge in [-0.2, -0.15) is 0 Å². The number of aliphatic carboxylic acids is 1. The molecule has 31 heavy (non-hydrogen) atoms. The Bertz CT molecular complexity index is 954. The number of carboxylic acid groups (broad SMARTS) is 1. The molecule has 1 N–H and O–H groups in total. The van der Waals surface area contributed by atoms with Crippen LogP contribution < -0.4 is 0 Å². The summed E-state index contributed by atoms with van der Waals surface area (Å²) in [5.41, 5.74) is -0.416. The molecule has 2 aromatic carbocycles. The Balaban J connectivity index is 0.00000341. The van der Waals surface area contributed by atoms with Crippen molar-refractivity contribution in [2.75, 3.05) is 26.2 Å². The molecular weight excluding hydrogens is 438 g/mol. The predicted molar refractivity (Wildman–Crippen MR) is 110 cm³/mol. The van der Waals surface area contributed by atoms with Crippen LogP contribution in [-0.2, 0) is 9.53 Å². The van der Waals surface area contributed by atoms with Gasteiger partial charge >= 0.3 is 5.97 Å². The fourth-order valence-electron chi connectivity index (χ4n) is 3.47. The lowest BCUT2D eigenvalue weighted by atomic mass is 9.98. The first-order valence-corrected chi connectivity index (χ1v) is 9.53. The Kier molecular flexibility index (Phi) is 8.88. The molecule has 0 bridgehead atoms. The van der Waals surface area contributed by atoms with E-state index in [0.717, 1.165) is 49.6 Å². The second kappa shape index (κ2) is 11.2. The minimum Gasteiger partial charge on any atom is -0.499 e. The van der Waals surface area contributed by atoms with Gasteiger partial charge in [0, 0.05) is 35.9 Å². The van der Waals surface area contributed by atoms with Crippen LogP contribution in [0.1, 0.15) is 24.0 Å². The van der Waals surface area contributed by atoms with Gasteiger partial charge in [0.05, 0.1) is 12.2 Å². The van der Waals surface area contributed by atoms with Crippen molar-refractivity contribution in [1.82, 2.24) is 4.90 Å². The maximum Gasteiger partial charge on any atom is 0.307 e. The van der Waals surface area contributed by atoms with Gasteiger partial charge in [0.1, 0.15) is 29.9 Å². The van der Waals surface area contributed by atoms with E-state index in [1.165, 1.54) is 0 Å². The predicted octanol–water partition coefficient (Wildman–Crippen LogP) is 4.87. The second-order valence-corrected chi connectivity index (χ2v) is 7.13. The van der Waals surface area contributed by atoms with E-state index in [9.17, 15) is 22.4 Å². The number of benzene rings is 2. The highest BCUT2D eigenvalue weighted by Gasteiger charge is 2.25. The van der Waals surface area contributed by atoms with Crippen molar-refractivity contribution in [3.8, 4) is 0 Å². The van der Waals surface area contributed by atoms with E-state index in [-0.39, 0.29) is 35.7 Å². The first-order valence-electron chi connectivity index (χ1n) is 9.53. The topological polar surface area (TPSA) is 49.8 Å². The van der Waals surface area contributed by atoms with Gasteiger partial charge in [0.15, 0.2) is 0 Å². The Morgan fingerprint density at radius 3 is 2.48 bits per heavy atom. The lowest BCUT2D eigenvalue weighted by Gasteiger charge is -2.30. The third-order valence-corrected chi connectivity index (χ3v) is 5.02. The molecule has 1 aliphatic rings. The number of rotatable bonds is 7. The normalized spacial score (nSPS) is 17.2. The molecular formula is C22H22ClF4NO3. The summed E-state index contributed by atoms with van der Waals surface area (Å²) in [4.78, 5) is 13.1. The summed E-state index contributed by atoms with van der Waals surface area (Å²) >= 11 is 0. The average molecular weight is 460 g/mol. The monoisotopic (exact) mass is 459 g/mol. The zero-order chi connectivity index (χ0) is 21.7. The molecule has 0 radical (unpaired) electrons. The van der Waals surface area contributed by atoms with Crippen molar-refractivity contribution < 1.29 is 32.2 Å². The molecule has 0 amide bonds. The fraction of sp³-hybridized carbons (Fsp3) is 0.318. The Morgan fingerprint density at radius 2 is 1.77 bits per heavy atom. The number of likely N-dealkylation sites (tertiary alicyclic amines) is 1. The largest absolute Gasteiger partial charge is 0.499 e. The van der Waals surface area contributed by atoms with Gasteiger partial charge in [-0.15, -0.1) is 12.4 Å². The van der Waals surface area contributed by atoms with Crippen molar-refractivity contribution in [3.05, 3.63) is 77.1 Å². The highest BCUT2D eigenvalue weighted by Crippen LogP contribution is 2.29. The molecule has 3 rings (SSSR count). The van der Waals surface area contributed by atoms with Gasteiger partial charge in [-0.05, 0) is 49.7 Å². The maximum absolute atomic E-state index is 14.3. The van der Waals surface area contributed by atoms with E-state index < -0.39 is 35.2 Å². The molecule has 1 aliphatic heterocycles. The van der Waals surface area contributed by atoms with Crippen LogP contribution in [0.5, 0.6) is 0 Å². The first kappa shape index (κ1) is 24.7. The van der Waals surface area contributed by atoms with E-state index in [1.807, 2.05) is 4.90 Å². The Hall–Kier alpha value is -2.58. The SMILES string of the molecule is Cl.O=C(O)[C@@H]1CCCN(CCOC=C(c2ccc(F)cc2F)c2cc(F)ccc2F)C1. The standard InChI is InChI=1S/C22H21F4NO3.ClH/c23-15-4-6-20(25)18(10-15)19(17-5-3-16(24)11-21(17)26)13-30-9-8-27-7-1-2-14(12-27)22(28)29;/h3-6,10-11,13-14H,1-2,7-9,12H2,(H,28,29);1H/t14-;/m1./s1. The molecule has 1 fully saturated rings. The van der Waals surface area contributed by atoms with Crippen LogP contribution in [0.25, 0.3) is 5.57 Å². The van der Waals surface area contributed by atoms with Crippen molar-refractivity contribution >= 4 is 23.9 Å². The molecule has 1 saturated heterocycles. The highest BCUT2D eigenvalue weighted by atomic mass is 35.5. The van der Waals surface area contributed by atoms with Gasteiger partial charge in [0.2, 0.25) is 0 Å². The van der Waals surface area contributed by atoms with Crippen molar-refractivity contribution in [1.29, 1.82) is 0 Å². The number of carboxylic acids is 1. The van der Waals surface area contributed by atoms with Gasteiger partial charge in [-0.25, -0.2) is 17.6 Å². The molecule has 1 heterocycles. The molecule has 0 aromatic heterocycles. The minimum atomic E-state index is -0.936. The summed E-state index contributed by atoms with van der Waals surface area (Å²) in [6.45, 7) is 1.69. The Morgan fingerprint density at radius 1 is 1.06 bits per heavy atom. The lowest BCUT2D eigenvalue weighted by Crippen LogP contribution is -2.40. The molecule has 1 atom stereocenters. The number of halogens is 5. The molecule has 2 aromatic rings. The van der Waals surface area contributed by atoms with Gasteiger partial charge < -0.3 is 9.84 Å². The van der Waals surface area contributed by atoms with E-state index in [0.29, 0.717) is 25.6 Å². The van der Waals surface area contributed by atoms with Gasteiger partial charge in [0.25, 0.3) is 0 Å². The van der Waals surface area contributed by atoms with E-state index in [4.69, 9.17) is 9.84 Å². The molecule has 168 valence electrons. The van der Waals surface area contributed by atoms with Crippen molar-refractivity contribution in [3.63, 3.8) is 0 Å².